The number of carbonyl (C=O) groups excluding carboxylic acids is 1. The lowest BCUT2D eigenvalue weighted by molar-refractivity contribution is 0.104. The summed E-state index contributed by atoms with van der Waals surface area (Å²) in [7, 11) is 0. The molecule has 0 aliphatic rings. The van der Waals surface area contributed by atoms with Crippen molar-refractivity contribution in [1.82, 2.24) is 0 Å². The molecule has 25 heavy (non-hydrogen) atoms. The van der Waals surface area contributed by atoms with Crippen LogP contribution in [-0.2, 0) is 0 Å². The van der Waals surface area contributed by atoms with E-state index >= 15 is 0 Å². The Balaban J connectivity index is 1.67. The van der Waals surface area contributed by atoms with Crippen molar-refractivity contribution in [2.75, 3.05) is 5.32 Å². The van der Waals surface area contributed by atoms with Crippen LogP contribution in [0.25, 0.3) is 11.1 Å². The lowest BCUT2D eigenvalue weighted by Crippen LogP contribution is -1.96. The van der Waals surface area contributed by atoms with Crippen molar-refractivity contribution in [3.05, 3.63) is 99.6 Å². The number of rotatable bonds is 5. The molecule has 3 aromatic rings. The van der Waals surface area contributed by atoms with Crippen LogP contribution in [0.3, 0.4) is 0 Å². The van der Waals surface area contributed by atoms with Gasteiger partial charge < -0.3 is 5.32 Å². The van der Waals surface area contributed by atoms with E-state index in [9.17, 15) is 4.79 Å². The van der Waals surface area contributed by atoms with Crippen LogP contribution in [0.5, 0.6) is 0 Å². The van der Waals surface area contributed by atoms with Crippen molar-refractivity contribution in [2.24, 2.45) is 0 Å². The quantitative estimate of drug-likeness (QED) is 0.342. The average Bonchev–Trinajstić information content (AvgIpc) is 2.64. The Bertz CT molecular complexity index is 903. The number of halogens is 2. The van der Waals surface area contributed by atoms with Crippen molar-refractivity contribution in [1.29, 1.82) is 0 Å². The Morgan fingerprint density at radius 2 is 1.52 bits per heavy atom. The largest absolute Gasteiger partial charge is 0.361 e. The van der Waals surface area contributed by atoms with Gasteiger partial charge in [-0.15, -0.1) is 0 Å². The molecule has 0 aliphatic carbocycles. The van der Waals surface area contributed by atoms with Gasteiger partial charge in [0.2, 0.25) is 0 Å². The number of carbonyl (C=O) groups is 1. The van der Waals surface area contributed by atoms with Crippen LogP contribution in [0.2, 0.25) is 0 Å². The molecule has 124 valence electrons. The van der Waals surface area contributed by atoms with Crippen molar-refractivity contribution in [3.8, 4) is 11.1 Å². The van der Waals surface area contributed by atoms with E-state index in [0.29, 0.717) is 5.56 Å². The molecule has 0 spiro atoms. The highest BCUT2D eigenvalue weighted by atomic mass is 79.9. The van der Waals surface area contributed by atoms with Crippen LogP contribution < -0.4 is 5.32 Å². The third-order valence-corrected chi connectivity index (χ3v) is 4.83. The average molecular weight is 457 g/mol. The number of nitrogens with one attached hydrogen (secondary N) is 1. The zero-order valence-electron chi connectivity index (χ0n) is 13.2. The summed E-state index contributed by atoms with van der Waals surface area (Å²) in [5, 5.41) is 3.11. The van der Waals surface area contributed by atoms with E-state index in [0.717, 1.165) is 25.8 Å². The van der Waals surface area contributed by atoms with Gasteiger partial charge in [0, 0.05) is 26.8 Å². The van der Waals surface area contributed by atoms with Gasteiger partial charge in [-0.05, 0) is 45.3 Å². The Labute approximate surface area is 163 Å². The lowest BCUT2D eigenvalue weighted by atomic mass is 10.0. The second-order valence-electron chi connectivity index (χ2n) is 5.41. The first-order valence-corrected chi connectivity index (χ1v) is 9.30. The molecule has 2 nitrogen and oxygen atoms in total. The van der Waals surface area contributed by atoms with E-state index in [1.165, 1.54) is 6.08 Å². The molecule has 0 saturated carbocycles. The molecule has 0 aliphatic heterocycles. The summed E-state index contributed by atoms with van der Waals surface area (Å²) in [6, 6.07) is 23.5. The van der Waals surface area contributed by atoms with E-state index < -0.39 is 0 Å². The van der Waals surface area contributed by atoms with Gasteiger partial charge in [-0.25, -0.2) is 0 Å². The zero-order valence-corrected chi connectivity index (χ0v) is 16.4. The van der Waals surface area contributed by atoms with Gasteiger partial charge in [0.25, 0.3) is 0 Å². The maximum atomic E-state index is 12.3. The Morgan fingerprint density at radius 3 is 2.20 bits per heavy atom. The fraction of sp³-hybridized carbons (Fsp3) is 0. The third kappa shape index (κ3) is 4.68. The van der Waals surface area contributed by atoms with Gasteiger partial charge in [-0.2, -0.15) is 0 Å². The molecule has 0 unspecified atom stereocenters. The maximum absolute atomic E-state index is 12.3. The molecule has 3 rings (SSSR count). The third-order valence-electron chi connectivity index (χ3n) is 3.68. The second kappa shape index (κ2) is 8.28. The van der Waals surface area contributed by atoms with Crippen LogP contribution in [-0.4, -0.2) is 5.78 Å². The molecule has 0 radical (unpaired) electrons. The maximum Gasteiger partial charge on any atom is 0.187 e. The molecule has 0 bridgehead atoms. The molecular weight excluding hydrogens is 442 g/mol. The lowest BCUT2D eigenvalue weighted by Gasteiger charge is -2.04. The summed E-state index contributed by atoms with van der Waals surface area (Å²) in [5.41, 5.74) is 3.79. The van der Waals surface area contributed by atoms with Gasteiger partial charge >= 0.3 is 0 Å². The van der Waals surface area contributed by atoms with Gasteiger partial charge in [-0.1, -0.05) is 70.5 Å². The van der Waals surface area contributed by atoms with Crippen LogP contribution in [0.1, 0.15) is 10.4 Å². The molecule has 0 fully saturated rings. The number of hydrogen-bond donors (Lipinski definition) is 1. The van der Waals surface area contributed by atoms with Gasteiger partial charge in [0.05, 0.1) is 5.69 Å². The SMILES string of the molecule is O=C(/C=C/Nc1ccc(Br)cc1Br)c1ccc(-c2ccccc2)cc1. The van der Waals surface area contributed by atoms with Crippen LogP contribution in [0.15, 0.2) is 94.0 Å². The van der Waals surface area contributed by atoms with E-state index in [-0.39, 0.29) is 5.78 Å². The van der Waals surface area contributed by atoms with Crippen molar-refractivity contribution in [3.63, 3.8) is 0 Å². The van der Waals surface area contributed by atoms with E-state index in [1.54, 1.807) is 6.20 Å². The number of allylic oxidation sites excluding steroid dienone is 1. The number of ketones is 1. The highest BCUT2D eigenvalue weighted by Crippen LogP contribution is 2.26. The van der Waals surface area contributed by atoms with E-state index in [4.69, 9.17) is 0 Å². The van der Waals surface area contributed by atoms with Gasteiger partial charge in [0.15, 0.2) is 5.78 Å². The van der Waals surface area contributed by atoms with Crippen molar-refractivity contribution in [2.45, 2.75) is 0 Å². The molecule has 0 amide bonds. The summed E-state index contributed by atoms with van der Waals surface area (Å²) in [6.07, 6.45) is 3.19. The molecule has 0 atom stereocenters. The highest BCUT2D eigenvalue weighted by Gasteiger charge is 2.03. The predicted molar refractivity (Wildman–Crippen MR) is 111 cm³/mol. The molecule has 3 aromatic carbocycles. The minimum absolute atomic E-state index is 0.0413. The smallest absolute Gasteiger partial charge is 0.187 e. The van der Waals surface area contributed by atoms with E-state index in [1.807, 2.05) is 60.7 Å². The van der Waals surface area contributed by atoms with Crippen LogP contribution in [0, 0.1) is 0 Å². The van der Waals surface area contributed by atoms with Crippen molar-refractivity contribution < 1.29 is 4.79 Å². The normalized spacial score (nSPS) is 10.8. The Kier molecular flexibility index (Phi) is 5.84. The first kappa shape index (κ1) is 17.6. The predicted octanol–water partition coefficient (Wildman–Crippen LogP) is 6.69. The minimum atomic E-state index is -0.0413. The monoisotopic (exact) mass is 455 g/mol. The van der Waals surface area contributed by atoms with Crippen LogP contribution in [0.4, 0.5) is 5.69 Å². The summed E-state index contributed by atoms with van der Waals surface area (Å²) in [4.78, 5) is 12.3. The van der Waals surface area contributed by atoms with Crippen molar-refractivity contribution >= 4 is 43.3 Å². The molecule has 0 aromatic heterocycles. The zero-order chi connectivity index (χ0) is 17.6. The topological polar surface area (TPSA) is 29.1 Å². The summed E-state index contributed by atoms with van der Waals surface area (Å²) < 4.78 is 1.91. The fourth-order valence-electron chi connectivity index (χ4n) is 2.37. The Hall–Kier alpha value is -2.17. The number of benzene rings is 3. The van der Waals surface area contributed by atoms with Gasteiger partial charge in [0.1, 0.15) is 0 Å². The number of hydrogen-bond acceptors (Lipinski definition) is 2. The second-order valence-corrected chi connectivity index (χ2v) is 7.18. The minimum Gasteiger partial charge on any atom is -0.361 e. The summed E-state index contributed by atoms with van der Waals surface area (Å²) in [6.45, 7) is 0. The highest BCUT2D eigenvalue weighted by molar-refractivity contribution is 9.11. The molecule has 1 N–H and O–H groups in total. The van der Waals surface area contributed by atoms with E-state index in [2.05, 4.69) is 49.3 Å². The molecule has 0 saturated heterocycles. The first-order chi connectivity index (χ1) is 12.1. The molecule has 4 heteroatoms. The first-order valence-electron chi connectivity index (χ1n) is 7.71. The standard InChI is InChI=1S/C21H15Br2NO/c22-18-10-11-20(19(23)14-18)24-13-12-21(25)17-8-6-16(7-9-17)15-4-2-1-3-5-15/h1-14,24H/b13-12+. The summed E-state index contributed by atoms with van der Waals surface area (Å²) >= 11 is 6.89. The fourth-order valence-corrected chi connectivity index (χ4v) is 3.53. The molecule has 0 heterocycles. The Morgan fingerprint density at radius 1 is 0.840 bits per heavy atom. The van der Waals surface area contributed by atoms with Crippen LogP contribution >= 0.6 is 31.9 Å². The molecular formula is C21H15Br2NO. The number of anilines is 1. The summed E-state index contributed by atoms with van der Waals surface area (Å²) in [5.74, 6) is -0.0413. The van der Waals surface area contributed by atoms with Gasteiger partial charge in [-0.3, -0.25) is 4.79 Å².